The summed E-state index contributed by atoms with van der Waals surface area (Å²) in [5.74, 6) is 0.841. The second-order valence-electron chi connectivity index (χ2n) is 8.70. The first-order valence-electron chi connectivity index (χ1n) is 11.0. The number of benzene rings is 1. The van der Waals surface area contributed by atoms with Gasteiger partial charge in [0.05, 0.1) is 19.1 Å². The average molecular weight is 418 g/mol. The number of hydrogen-bond acceptors (Lipinski definition) is 5. The Hall–Kier alpha value is -2.12. The van der Waals surface area contributed by atoms with E-state index in [-0.39, 0.29) is 17.9 Å². The molecule has 0 saturated carbocycles. The minimum Gasteiger partial charge on any atom is -0.496 e. The first kappa shape index (κ1) is 22.6. The predicted octanol–water partition coefficient (Wildman–Crippen LogP) is 1.58. The molecule has 2 fully saturated rings. The molecule has 2 N–H and O–H groups in total. The number of piperidine rings is 1. The molecule has 0 radical (unpaired) electrons. The molecule has 3 rings (SSSR count). The number of carbonyl (C=O) groups excluding carboxylic acids is 2. The molecule has 2 saturated heterocycles. The van der Waals surface area contributed by atoms with Crippen LogP contribution < -0.4 is 10.1 Å². The fourth-order valence-electron chi connectivity index (χ4n) is 4.65. The number of nitrogens with zero attached hydrogens (tertiary/aromatic N) is 2. The van der Waals surface area contributed by atoms with Crippen LogP contribution in [0.5, 0.6) is 5.75 Å². The van der Waals surface area contributed by atoms with E-state index < -0.39 is 5.60 Å². The molecule has 2 aliphatic heterocycles. The molecule has 0 spiro atoms. The molecule has 2 heterocycles. The Kier molecular flexibility index (Phi) is 7.72. The SMILES string of the molecule is COc1ccccc1CC(=O)N1CCC[C@@](O)(CN2CCC(NC(C)=O)CC2)CC1. The molecule has 0 bridgehead atoms. The second-order valence-corrected chi connectivity index (χ2v) is 8.70. The second kappa shape index (κ2) is 10.3. The van der Waals surface area contributed by atoms with Gasteiger partial charge in [-0.2, -0.15) is 0 Å². The normalized spacial score (nSPS) is 23.6. The van der Waals surface area contributed by atoms with Crippen molar-refractivity contribution >= 4 is 11.8 Å². The van der Waals surface area contributed by atoms with Crippen LogP contribution in [0.1, 0.15) is 44.6 Å². The van der Waals surface area contributed by atoms with Crippen molar-refractivity contribution in [2.75, 3.05) is 39.8 Å². The average Bonchev–Trinajstić information content (AvgIpc) is 2.91. The smallest absolute Gasteiger partial charge is 0.227 e. The maximum absolute atomic E-state index is 12.9. The lowest BCUT2D eigenvalue weighted by Crippen LogP contribution is -2.50. The monoisotopic (exact) mass is 417 g/mol. The number of hydrogen-bond donors (Lipinski definition) is 2. The van der Waals surface area contributed by atoms with E-state index in [0.29, 0.717) is 38.9 Å². The number of nitrogens with one attached hydrogen (secondary N) is 1. The number of carbonyl (C=O) groups is 2. The van der Waals surface area contributed by atoms with E-state index in [2.05, 4.69) is 10.2 Å². The summed E-state index contributed by atoms with van der Waals surface area (Å²) >= 11 is 0. The summed E-state index contributed by atoms with van der Waals surface area (Å²) in [7, 11) is 1.62. The molecule has 2 aliphatic rings. The summed E-state index contributed by atoms with van der Waals surface area (Å²) in [5, 5.41) is 14.2. The van der Waals surface area contributed by atoms with E-state index in [1.54, 1.807) is 14.0 Å². The van der Waals surface area contributed by atoms with Crippen LogP contribution in [-0.4, -0.2) is 78.2 Å². The lowest BCUT2D eigenvalue weighted by molar-refractivity contribution is -0.130. The van der Waals surface area contributed by atoms with E-state index in [0.717, 1.165) is 43.7 Å². The van der Waals surface area contributed by atoms with Gasteiger partial charge in [-0.25, -0.2) is 0 Å². The van der Waals surface area contributed by atoms with Crippen molar-refractivity contribution in [1.29, 1.82) is 0 Å². The molecule has 166 valence electrons. The number of rotatable bonds is 6. The van der Waals surface area contributed by atoms with Crippen LogP contribution in [0.3, 0.4) is 0 Å². The first-order chi connectivity index (χ1) is 14.4. The number of para-hydroxylation sites is 1. The van der Waals surface area contributed by atoms with E-state index in [1.165, 1.54) is 0 Å². The number of methoxy groups -OCH3 is 1. The largest absolute Gasteiger partial charge is 0.496 e. The van der Waals surface area contributed by atoms with Crippen molar-refractivity contribution in [3.8, 4) is 5.75 Å². The molecule has 1 aromatic carbocycles. The van der Waals surface area contributed by atoms with Crippen molar-refractivity contribution < 1.29 is 19.4 Å². The number of likely N-dealkylation sites (tertiary alicyclic amines) is 2. The fourth-order valence-corrected chi connectivity index (χ4v) is 4.65. The van der Waals surface area contributed by atoms with Gasteiger partial charge >= 0.3 is 0 Å². The zero-order chi connectivity index (χ0) is 21.6. The van der Waals surface area contributed by atoms with Gasteiger partial charge in [-0.05, 0) is 38.2 Å². The Morgan fingerprint density at radius 2 is 1.90 bits per heavy atom. The van der Waals surface area contributed by atoms with Crippen LogP contribution in [-0.2, 0) is 16.0 Å². The van der Waals surface area contributed by atoms with Crippen LogP contribution >= 0.6 is 0 Å². The summed E-state index contributed by atoms with van der Waals surface area (Å²) < 4.78 is 5.37. The topological polar surface area (TPSA) is 82.1 Å². The van der Waals surface area contributed by atoms with Crippen LogP contribution in [0.25, 0.3) is 0 Å². The number of amides is 2. The standard InChI is InChI=1S/C23H35N3O4/c1-18(27)24-20-8-13-25(14-9-20)17-23(29)10-5-12-26(15-11-23)22(28)16-19-6-3-4-7-21(19)30-2/h3-4,6-7,20,29H,5,8-17H2,1-2H3,(H,24,27)/t23-/m0/s1. The van der Waals surface area contributed by atoms with Gasteiger partial charge in [0.1, 0.15) is 5.75 Å². The zero-order valence-corrected chi connectivity index (χ0v) is 18.2. The Labute approximate surface area is 179 Å². The lowest BCUT2D eigenvalue weighted by atomic mass is 9.93. The summed E-state index contributed by atoms with van der Waals surface area (Å²) in [6.45, 7) is 5.21. The van der Waals surface area contributed by atoms with Crippen LogP contribution in [0.4, 0.5) is 0 Å². The third-order valence-electron chi connectivity index (χ3n) is 6.32. The maximum Gasteiger partial charge on any atom is 0.227 e. The van der Waals surface area contributed by atoms with E-state index in [1.807, 2.05) is 29.2 Å². The van der Waals surface area contributed by atoms with Gasteiger partial charge in [-0.1, -0.05) is 18.2 Å². The molecule has 1 aromatic rings. The first-order valence-corrected chi connectivity index (χ1v) is 11.0. The van der Waals surface area contributed by atoms with Gasteiger partial charge in [0.2, 0.25) is 11.8 Å². The van der Waals surface area contributed by atoms with Gasteiger partial charge in [0.25, 0.3) is 0 Å². The van der Waals surface area contributed by atoms with Crippen molar-refractivity contribution in [1.82, 2.24) is 15.1 Å². The lowest BCUT2D eigenvalue weighted by Gasteiger charge is -2.38. The quantitative estimate of drug-likeness (QED) is 0.735. The Bertz CT molecular complexity index is 733. The third-order valence-corrected chi connectivity index (χ3v) is 6.32. The Morgan fingerprint density at radius 1 is 1.17 bits per heavy atom. The fraction of sp³-hybridized carbons (Fsp3) is 0.652. The summed E-state index contributed by atoms with van der Waals surface area (Å²) in [5.41, 5.74) is 0.131. The predicted molar refractivity (Wildman–Crippen MR) is 115 cm³/mol. The van der Waals surface area contributed by atoms with E-state index in [4.69, 9.17) is 4.74 Å². The molecule has 0 aromatic heterocycles. The molecular weight excluding hydrogens is 382 g/mol. The highest BCUT2D eigenvalue weighted by Gasteiger charge is 2.34. The molecule has 0 aliphatic carbocycles. The number of β-amino-alcohol motifs (C(OH)–C–C–N with tert-alkyl or cyclic N) is 1. The van der Waals surface area contributed by atoms with Crippen molar-refractivity contribution in [3.63, 3.8) is 0 Å². The highest BCUT2D eigenvalue weighted by molar-refractivity contribution is 5.79. The summed E-state index contributed by atoms with van der Waals surface area (Å²) in [6.07, 6.45) is 4.25. The maximum atomic E-state index is 12.9. The molecule has 7 nitrogen and oxygen atoms in total. The van der Waals surface area contributed by atoms with Crippen LogP contribution in [0.15, 0.2) is 24.3 Å². The summed E-state index contributed by atoms with van der Waals surface area (Å²) in [6, 6.07) is 7.86. The molecule has 30 heavy (non-hydrogen) atoms. The van der Waals surface area contributed by atoms with Crippen LogP contribution in [0.2, 0.25) is 0 Å². The molecular formula is C23H35N3O4. The van der Waals surface area contributed by atoms with Crippen molar-refractivity contribution in [3.05, 3.63) is 29.8 Å². The minimum absolute atomic E-state index is 0.0220. The zero-order valence-electron chi connectivity index (χ0n) is 18.2. The highest BCUT2D eigenvalue weighted by atomic mass is 16.5. The van der Waals surface area contributed by atoms with Crippen molar-refractivity contribution in [2.24, 2.45) is 0 Å². The van der Waals surface area contributed by atoms with E-state index >= 15 is 0 Å². The Balaban J connectivity index is 1.50. The Morgan fingerprint density at radius 3 is 2.60 bits per heavy atom. The van der Waals surface area contributed by atoms with Gasteiger partial charge in [0, 0.05) is 51.3 Å². The number of ether oxygens (including phenoxy) is 1. The summed E-state index contributed by atoms with van der Waals surface area (Å²) in [4.78, 5) is 28.3. The van der Waals surface area contributed by atoms with Gasteiger partial charge in [-0.3, -0.25) is 9.59 Å². The minimum atomic E-state index is -0.764. The van der Waals surface area contributed by atoms with Crippen molar-refractivity contribution in [2.45, 2.75) is 57.1 Å². The highest BCUT2D eigenvalue weighted by Crippen LogP contribution is 2.26. The van der Waals surface area contributed by atoms with Gasteiger partial charge < -0.3 is 25.0 Å². The van der Waals surface area contributed by atoms with Gasteiger partial charge in [0.15, 0.2) is 0 Å². The van der Waals surface area contributed by atoms with E-state index in [9.17, 15) is 14.7 Å². The third kappa shape index (κ3) is 6.19. The van der Waals surface area contributed by atoms with Gasteiger partial charge in [-0.15, -0.1) is 0 Å². The molecule has 7 heteroatoms. The molecule has 1 atom stereocenters. The molecule has 2 amide bonds. The number of aliphatic hydroxyl groups is 1. The van der Waals surface area contributed by atoms with Crippen LogP contribution in [0, 0.1) is 0 Å². The molecule has 0 unspecified atom stereocenters.